The molecule has 0 unspecified atom stereocenters. The normalized spacial score (nSPS) is 11.0. The lowest BCUT2D eigenvalue weighted by Gasteiger charge is -2.16. The van der Waals surface area contributed by atoms with Gasteiger partial charge < -0.3 is 10.3 Å². The number of pyridine rings is 1. The molecule has 0 saturated heterocycles. The quantitative estimate of drug-likeness (QED) is 0.853. The second kappa shape index (κ2) is 4.97. The van der Waals surface area contributed by atoms with E-state index in [-0.39, 0.29) is 0 Å². The van der Waals surface area contributed by atoms with E-state index in [4.69, 9.17) is 5.73 Å². The van der Waals surface area contributed by atoms with Crippen LogP contribution in [0.25, 0.3) is 0 Å². The summed E-state index contributed by atoms with van der Waals surface area (Å²) in [7, 11) is 4.02. The van der Waals surface area contributed by atoms with Crippen molar-refractivity contribution >= 4 is 5.69 Å². The average molecular weight is 231 g/mol. The number of anilines is 1. The molecule has 0 radical (unpaired) electrons. The van der Waals surface area contributed by atoms with Gasteiger partial charge in [0.2, 0.25) is 0 Å². The molecule has 0 aromatic carbocycles. The van der Waals surface area contributed by atoms with Crippen LogP contribution in [0, 0.1) is 0 Å². The lowest BCUT2D eigenvalue weighted by atomic mass is 10.3. The molecule has 0 aliphatic rings. The Kier molecular flexibility index (Phi) is 3.39. The van der Waals surface area contributed by atoms with Crippen molar-refractivity contribution < 1.29 is 0 Å². The van der Waals surface area contributed by atoms with Gasteiger partial charge in [-0.15, -0.1) is 0 Å². The zero-order valence-electron chi connectivity index (χ0n) is 10.2. The fourth-order valence-electron chi connectivity index (χ4n) is 1.68. The fraction of sp³-hybridized carbons (Fsp3) is 0.333. The van der Waals surface area contributed by atoms with Crippen LogP contribution in [0.4, 0.5) is 5.69 Å². The van der Waals surface area contributed by atoms with Crippen molar-refractivity contribution in [3.63, 3.8) is 0 Å². The van der Waals surface area contributed by atoms with Gasteiger partial charge in [0.15, 0.2) is 0 Å². The highest BCUT2D eigenvalue weighted by Crippen LogP contribution is 2.10. The average Bonchev–Trinajstić information content (AvgIpc) is 2.68. The molecule has 0 amide bonds. The number of aromatic nitrogens is 3. The van der Waals surface area contributed by atoms with Gasteiger partial charge in [-0.3, -0.25) is 9.88 Å². The first kappa shape index (κ1) is 11.6. The summed E-state index contributed by atoms with van der Waals surface area (Å²) in [5.41, 5.74) is 7.50. The molecule has 0 spiro atoms. The number of aryl methyl sites for hydroxylation is 1. The summed E-state index contributed by atoms with van der Waals surface area (Å²) in [6.45, 7) is 1.50. The van der Waals surface area contributed by atoms with Gasteiger partial charge in [-0.25, -0.2) is 4.98 Å². The van der Waals surface area contributed by atoms with Crippen molar-refractivity contribution in [2.45, 2.75) is 13.1 Å². The number of hydrogen-bond donors (Lipinski definition) is 1. The molecule has 0 bridgehead atoms. The Bertz CT molecular complexity index is 491. The molecule has 0 atom stereocenters. The minimum Gasteiger partial charge on any atom is -0.397 e. The summed E-state index contributed by atoms with van der Waals surface area (Å²) in [5, 5.41) is 0. The maximum atomic E-state index is 5.86. The van der Waals surface area contributed by atoms with Crippen LogP contribution in [0.3, 0.4) is 0 Å². The molecular weight excluding hydrogens is 214 g/mol. The fourth-order valence-corrected chi connectivity index (χ4v) is 1.68. The lowest BCUT2D eigenvalue weighted by molar-refractivity contribution is 0.304. The summed E-state index contributed by atoms with van der Waals surface area (Å²) in [6, 6.07) is 3.72. The van der Waals surface area contributed by atoms with Gasteiger partial charge in [-0.2, -0.15) is 0 Å². The topological polar surface area (TPSA) is 60.0 Å². The highest BCUT2D eigenvalue weighted by atomic mass is 15.2. The van der Waals surface area contributed by atoms with Crippen LogP contribution < -0.4 is 5.73 Å². The summed E-state index contributed by atoms with van der Waals surface area (Å²) < 4.78 is 2.01. The first-order valence-electron chi connectivity index (χ1n) is 5.51. The van der Waals surface area contributed by atoms with E-state index in [1.165, 1.54) is 0 Å². The van der Waals surface area contributed by atoms with E-state index >= 15 is 0 Å². The Morgan fingerprint density at radius 1 is 1.29 bits per heavy atom. The number of nitrogens with zero attached hydrogens (tertiary/aromatic N) is 4. The molecule has 5 nitrogen and oxygen atoms in total. The molecule has 0 saturated carbocycles. The third-order valence-corrected chi connectivity index (χ3v) is 2.68. The number of nitrogens with two attached hydrogens (primary N) is 1. The standard InChI is InChI=1S/C12H17N5/c1-16(9-12-15-6-7-17(12)2)8-11-10(13)4-3-5-14-11/h3-7H,8-9,13H2,1-2H3. The Morgan fingerprint density at radius 2 is 2.12 bits per heavy atom. The molecule has 2 N–H and O–H groups in total. The van der Waals surface area contributed by atoms with E-state index in [1.54, 1.807) is 12.4 Å². The first-order chi connectivity index (χ1) is 8.16. The molecule has 2 rings (SSSR count). The molecule has 17 heavy (non-hydrogen) atoms. The van der Waals surface area contributed by atoms with Crippen molar-refractivity contribution in [3.05, 3.63) is 42.2 Å². The van der Waals surface area contributed by atoms with Crippen LogP contribution in [0.2, 0.25) is 0 Å². The SMILES string of the molecule is CN(Cc1ncccc1N)Cc1nccn1C. The highest BCUT2D eigenvalue weighted by molar-refractivity contribution is 5.41. The smallest absolute Gasteiger partial charge is 0.122 e. The second-order valence-corrected chi connectivity index (χ2v) is 4.17. The largest absolute Gasteiger partial charge is 0.397 e. The van der Waals surface area contributed by atoms with E-state index < -0.39 is 0 Å². The molecular formula is C12H17N5. The molecule has 0 aliphatic heterocycles. The molecule has 5 heteroatoms. The predicted molar refractivity (Wildman–Crippen MR) is 67.0 cm³/mol. The van der Waals surface area contributed by atoms with Crippen LogP contribution in [0.5, 0.6) is 0 Å². The third kappa shape index (κ3) is 2.82. The van der Waals surface area contributed by atoms with E-state index in [0.717, 1.165) is 30.3 Å². The van der Waals surface area contributed by atoms with Gasteiger partial charge in [-0.05, 0) is 19.2 Å². The molecule has 2 heterocycles. The van der Waals surface area contributed by atoms with Crippen molar-refractivity contribution in [2.75, 3.05) is 12.8 Å². The predicted octanol–water partition coefficient (Wildman–Crippen LogP) is 1.03. The van der Waals surface area contributed by atoms with Crippen molar-refractivity contribution in [1.29, 1.82) is 0 Å². The van der Waals surface area contributed by atoms with Crippen molar-refractivity contribution in [2.24, 2.45) is 7.05 Å². The maximum Gasteiger partial charge on any atom is 0.122 e. The Balaban J connectivity index is 2.01. The van der Waals surface area contributed by atoms with E-state index in [1.807, 2.05) is 37.0 Å². The van der Waals surface area contributed by atoms with Crippen LogP contribution >= 0.6 is 0 Å². The summed E-state index contributed by atoms with van der Waals surface area (Å²) in [5.74, 6) is 1.03. The number of nitrogen functional groups attached to an aromatic ring is 1. The molecule has 0 aliphatic carbocycles. The zero-order valence-corrected chi connectivity index (χ0v) is 10.2. The molecule has 0 fully saturated rings. The van der Waals surface area contributed by atoms with E-state index in [0.29, 0.717) is 0 Å². The van der Waals surface area contributed by atoms with Crippen molar-refractivity contribution in [1.82, 2.24) is 19.4 Å². The second-order valence-electron chi connectivity index (χ2n) is 4.17. The summed E-state index contributed by atoms with van der Waals surface area (Å²) in [4.78, 5) is 10.7. The van der Waals surface area contributed by atoms with Crippen LogP contribution in [-0.4, -0.2) is 26.5 Å². The maximum absolute atomic E-state index is 5.86. The minimum absolute atomic E-state index is 0.722. The van der Waals surface area contributed by atoms with Crippen LogP contribution in [0.15, 0.2) is 30.7 Å². The van der Waals surface area contributed by atoms with Crippen LogP contribution in [-0.2, 0) is 20.1 Å². The van der Waals surface area contributed by atoms with Gasteiger partial charge in [-0.1, -0.05) is 0 Å². The van der Waals surface area contributed by atoms with E-state index in [9.17, 15) is 0 Å². The highest BCUT2D eigenvalue weighted by Gasteiger charge is 2.07. The lowest BCUT2D eigenvalue weighted by Crippen LogP contribution is -2.20. The number of rotatable bonds is 4. The monoisotopic (exact) mass is 231 g/mol. The van der Waals surface area contributed by atoms with Gasteiger partial charge in [0.05, 0.1) is 17.9 Å². The minimum atomic E-state index is 0.722. The van der Waals surface area contributed by atoms with Gasteiger partial charge in [0, 0.05) is 32.2 Å². The zero-order chi connectivity index (χ0) is 12.3. The number of hydrogen-bond acceptors (Lipinski definition) is 4. The summed E-state index contributed by atoms with van der Waals surface area (Å²) in [6.07, 6.45) is 5.51. The van der Waals surface area contributed by atoms with Crippen molar-refractivity contribution in [3.8, 4) is 0 Å². The molecule has 2 aromatic rings. The first-order valence-corrected chi connectivity index (χ1v) is 5.51. The number of imidazole rings is 1. The third-order valence-electron chi connectivity index (χ3n) is 2.68. The van der Waals surface area contributed by atoms with Gasteiger partial charge in [0.25, 0.3) is 0 Å². The Hall–Kier alpha value is -1.88. The Labute approximate surface area is 101 Å². The van der Waals surface area contributed by atoms with Crippen LogP contribution in [0.1, 0.15) is 11.5 Å². The van der Waals surface area contributed by atoms with Gasteiger partial charge >= 0.3 is 0 Å². The van der Waals surface area contributed by atoms with E-state index in [2.05, 4.69) is 14.9 Å². The molecule has 90 valence electrons. The van der Waals surface area contributed by atoms with Gasteiger partial charge in [0.1, 0.15) is 5.82 Å². The Morgan fingerprint density at radius 3 is 2.76 bits per heavy atom. The molecule has 2 aromatic heterocycles. The summed E-state index contributed by atoms with van der Waals surface area (Å²) >= 11 is 0.